The van der Waals surface area contributed by atoms with Gasteiger partial charge in [-0.2, -0.15) is 0 Å². The zero-order valence-corrected chi connectivity index (χ0v) is 22.3. The molecule has 2 aromatic rings. The first-order valence-electron chi connectivity index (χ1n) is 12.0. The summed E-state index contributed by atoms with van der Waals surface area (Å²) in [5.74, 6) is 2.08. The van der Waals surface area contributed by atoms with Gasteiger partial charge in [0, 0.05) is 36.2 Å². The molecule has 0 bridgehead atoms. The molecule has 0 spiro atoms. The minimum absolute atomic E-state index is 0.133. The van der Waals surface area contributed by atoms with E-state index in [9.17, 15) is 4.39 Å². The van der Waals surface area contributed by atoms with Crippen molar-refractivity contribution in [2.75, 3.05) is 27.4 Å². The summed E-state index contributed by atoms with van der Waals surface area (Å²) in [5.41, 5.74) is 2.85. The maximum Gasteiger partial charge on any atom is 0.159 e. The van der Waals surface area contributed by atoms with Crippen LogP contribution in [0, 0.1) is 0 Å². The Morgan fingerprint density at radius 1 is 1.11 bits per heavy atom. The van der Waals surface area contributed by atoms with Crippen molar-refractivity contribution in [2.45, 2.75) is 33.0 Å². The SMILES string of the molecule is C=CC(=N/C=C(\C)C(=C)OC)N/C(=C/C)c1cc(OCC(F)c2ccccc2)cc(OC(C)COC)c1. The lowest BCUT2D eigenvalue weighted by Crippen LogP contribution is -2.20. The van der Waals surface area contributed by atoms with Crippen LogP contribution < -0.4 is 14.8 Å². The van der Waals surface area contributed by atoms with E-state index >= 15 is 0 Å². The quantitative estimate of drug-likeness (QED) is 0.132. The van der Waals surface area contributed by atoms with Crippen LogP contribution in [0.2, 0.25) is 0 Å². The van der Waals surface area contributed by atoms with Crippen LogP contribution in [-0.2, 0) is 9.47 Å². The van der Waals surface area contributed by atoms with Crippen LogP contribution in [-0.4, -0.2) is 39.4 Å². The van der Waals surface area contributed by atoms with Crippen molar-refractivity contribution < 1.29 is 23.3 Å². The Morgan fingerprint density at radius 2 is 1.81 bits per heavy atom. The smallest absolute Gasteiger partial charge is 0.159 e. The molecular weight excluding hydrogens is 471 g/mol. The highest BCUT2D eigenvalue weighted by atomic mass is 19.1. The molecule has 198 valence electrons. The number of nitrogens with zero attached hydrogens (tertiary/aromatic N) is 1. The van der Waals surface area contributed by atoms with Crippen molar-refractivity contribution in [3.05, 3.63) is 102 Å². The Bertz CT molecular complexity index is 1130. The standard InChI is InChI=1S/C30H37FN2O4/c1-8-29(33-30(9-2)32-18-21(3)23(5)35-7)25-15-26(17-27(16-25)37-22(4)19-34-6)36-20-28(31)24-13-11-10-12-14-24/h8-18,22,28H,2,5,19-20H2,1,3-4,6-7H3,(H,32,33)/b21-18+,29-8+. The highest BCUT2D eigenvalue weighted by Gasteiger charge is 2.14. The van der Waals surface area contributed by atoms with E-state index in [1.807, 2.05) is 45.0 Å². The predicted octanol–water partition coefficient (Wildman–Crippen LogP) is 6.79. The van der Waals surface area contributed by atoms with E-state index in [0.717, 1.165) is 16.8 Å². The van der Waals surface area contributed by atoms with Gasteiger partial charge in [0.2, 0.25) is 0 Å². The number of ether oxygens (including phenoxy) is 4. The van der Waals surface area contributed by atoms with Gasteiger partial charge >= 0.3 is 0 Å². The zero-order chi connectivity index (χ0) is 27.2. The molecule has 2 rings (SSSR count). The maximum absolute atomic E-state index is 14.8. The van der Waals surface area contributed by atoms with Crippen LogP contribution in [0.5, 0.6) is 11.5 Å². The molecule has 2 aromatic carbocycles. The van der Waals surface area contributed by atoms with Crippen LogP contribution in [0.25, 0.3) is 5.70 Å². The summed E-state index contributed by atoms with van der Waals surface area (Å²) < 4.78 is 37.0. The fourth-order valence-electron chi connectivity index (χ4n) is 3.29. The lowest BCUT2D eigenvalue weighted by atomic mass is 10.1. The number of halogens is 1. The third-order valence-electron chi connectivity index (χ3n) is 5.32. The molecule has 37 heavy (non-hydrogen) atoms. The number of methoxy groups -OCH3 is 2. The molecule has 7 heteroatoms. The van der Waals surface area contributed by atoms with Crippen molar-refractivity contribution in [3.63, 3.8) is 0 Å². The second-order valence-corrected chi connectivity index (χ2v) is 8.25. The average Bonchev–Trinajstić information content (AvgIpc) is 2.91. The number of allylic oxidation sites excluding steroid dienone is 2. The first-order chi connectivity index (χ1) is 17.8. The molecule has 2 unspecified atom stereocenters. The van der Waals surface area contributed by atoms with E-state index < -0.39 is 6.17 Å². The van der Waals surface area contributed by atoms with Gasteiger partial charge in [0.1, 0.15) is 35.8 Å². The van der Waals surface area contributed by atoms with Gasteiger partial charge in [0.05, 0.1) is 13.7 Å². The molecule has 0 aliphatic rings. The fraction of sp³-hybridized carbons (Fsp3) is 0.300. The third kappa shape index (κ3) is 9.61. The molecule has 0 heterocycles. The zero-order valence-electron chi connectivity index (χ0n) is 22.3. The first kappa shape index (κ1) is 29.4. The summed E-state index contributed by atoms with van der Waals surface area (Å²) >= 11 is 0. The van der Waals surface area contributed by atoms with E-state index in [0.29, 0.717) is 35.3 Å². The van der Waals surface area contributed by atoms with E-state index in [2.05, 4.69) is 23.5 Å². The van der Waals surface area contributed by atoms with Crippen LogP contribution in [0.4, 0.5) is 4.39 Å². The Kier molecular flexibility index (Phi) is 12.2. The summed E-state index contributed by atoms with van der Waals surface area (Å²) in [4.78, 5) is 4.45. The van der Waals surface area contributed by atoms with E-state index in [1.54, 1.807) is 56.8 Å². The topological polar surface area (TPSA) is 61.3 Å². The van der Waals surface area contributed by atoms with E-state index in [-0.39, 0.29) is 12.7 Å². The highest BCUT2D eigenvalue weighted by molar-refractivity contribution is 5.99. The Labute approximate surface area is 219 Å². The number of rotatable bonds is 14. The van der Waals surface area contributed by atoms with E-state index in [4.69, 9.17) is 18.9 Å². The van der Waals surface area contributed by atoms with Crippen LogP contribution >= 0.6 is 0 Å². The molecule has 0 radical (unpaired) electrons. The molecule has 1 N–H and O–H groups in total. The van der Waals surface area contributed by atoms with Gasteiger partial charge in [-0.3, -0.25) is 0 Å². The number of amidine groups is 1. The molecular formula is C30H37FN2O4. The minimum atomic E-state index is -1.27. The largest absolute Gasteiger partial charge is 0.497 e. The van der Waals surface area contributed by atoms with Crippen molar-refractivity contribution in [1.29, 1.82) is 0 Å². The molecule has 2 atom stereocenters. The van der Waals surface area contributed by atoms with Crippen molar-refractivity contribution >= 4 is 11.5 Å². The number of benzene rings is 2. The molecule has 0 aliphatic carbocycles. The summed E-state index contributed by atoms with van der Waals surface area (Å²) in [7, 11) is 3.17. The number of hydrogen-bond acceptors (Lipinski definition) is 5. The number of nitrogens with one attached hydrogen (secondary N) is 1. The number of alkyl halides is 1. The minimum Gasteiger partial charge on any atom is -0.497 e. The van der Waals surface area contributed by atoms with Gasteiger partial charge in [-0.1, -0.05) is 49.6 Å². The number of hydrogen-bond donors (Lipinski definition) is 1. The molecule has 0 aliphatic heterocycles. The molecule has 0 fully saturated rings. The van der Waals surface area contributed by atoms with Gasteiger partial charge in [-0.25, -0.2) is 9.38 Å². The predicted molar refractivity (Wildman–Crippen MR) is 149 cm³/mol. The van der Waals surface area contributed by atoms with Gasteiger partial charge in [0.25, 0.3) is 0 Å². The summed E-state index contributed by atoms with van der Waals surface area (Å²) in [6.45, 7) is 13.6. The second kappa shape index (κ2) is 15.3. The normalized spacial score (nSPS) is 13.9. The lowest BCUT2D eigenvalue weighted by molar-refractivity contribution is 0.0917. The van der Waals surface area contributed by atoms with Gasteiger partial charge in [-0.15, -0.1) is 0 Å². The lowest BCUT2D eigenvalue weighted by Gasteiger charge is -2.18. The van der Waals surface area contributed by atoms with Crippen molar-refractivity contribution in [3.8, 4) is 11.5 Å². The molecule has 0 amide bonds. The first-order valence-corrected chi connectivity index (χ1v) is 12.0. The third-order valence-corrected chi connectivity index (χ3v) is 5.32. The monoisotopic (exact) mass is 508 g/mol. The highest BCUT2D eigenvalue weighted by Crippen LogP contribution is 2.29. The summed E-state index contributed by atoms with van der Waals surface area (Å²) in [6.07, 6.45) is 3.69. The summed E-state index contributed by atoms with van der Waals surface area (Å²) in [6, 6.07) is 14.4. The van der Waals surface area contributed by atoms with Gasteiger partial charge in [-0.05, 0) is 44.5 Å². The van der Waals surface area contributed by atoms with Crippen LogP contribution in [0.3, 0.4) is 0 Å². The fourth-order valence-corrected chi connectivity index (χ4v) is 3.29. The summed E-state index contributed by atoms with van der Waals surface area (Å²) in [5, 5.41) is 3.27. The Hall–Kier alpha value is -3.84. The van der Waals surface area contributed by atoms with Crippen molar-refractivity contribution in [1.82, 2.24) is 5.32 Å². The molecule has 0 saturated heterocycles. The average molecular weight is 509 g/mol. The van der Waals surface area contributed by atoms with E-state index in [1.165, 1.54) is 0 Å². The Balaban J connectivity index is 2.33. The van der Waals surface area contributed by atoms with Crippen LogP contribution in [0.1, 0.15) is 38.1 Å². The molecule has 0 aromatic heterocycles. The maximum atomic E-state index is 14.8. The second-order valence-electron chi connectivity index (χ2n) is 8.25. The molecule has 6 nitrogen and oxygen atoms in total. The number of aliphatic imine (C=N–C) groups is 1. The Morgan fingerprint density at radius 3 is 2.43 bits per heavy atom. The van der Waals surface area contributed by atoms with Crippen LogP contribution in [0.15, 0.2) is 96.4 Å². The van der Waals surface area contributed by atoms with Gasteiger partial charge < -0.3 is 24.3 Å². The van der Waals surface area contributed by atoms with Gasteiger partial charge in [0.15, 0.2) is 6.17 Å². The van der Waals surface area contributed by atoms with Crippen molar-refractivity contribution in [2.24, 2.45) is 4.99 Å². The molecule has 0 saturated carbocycles.